The second-order valence-corrected chi connectivity index (χ2v) is 5.55. The van der Waals surface area contributed by atoms with Gasteiger partial charge in [-0.2, -0.15) is 0 Å². The van der Waals surface area contributed by atoms with Gasteiger partial charge < -0.3 is 14.6 Å². The lowest BCUT2D eigenvalue weighted by Gasteiger charge is -2.05. The lowest BCUT2D eigenvalue weighted by Crippen LogP contribution is -2.37. The van der Waals surface area contributed by atoms with Crippen molar-refractivity contribution >= 4 is 18.0 Å². The Morgan fingerprint density at radius 3 is 2.54 bits per heavy atom. The summed E-state index contributed by atoms with van der Waals surface area (Å²) < 4.78 is 6.98. The fourth-order valence-corrected chi connectivity index (χ4v) is 2.14. The number of nitrogens with zero attached hydrogens (tertiary/aromatic N) is 2. The van der Waals surface area contributed by atoms with Crippen LogP contribution in [0, 0.1) is 0 Å². The fraction of sp³-hybridized carbons (Fsp3) is 0.222. The Morgan fingerprint density at radius 1 is 1.15 bits per heavy atom. The fourth-order valence-electron chi connectivity index (χ4n) is 2.14. The topological polar surface area (TPSA) is 99.4 Å². The second-order valence-electron chi connectivity index (χ2n) is 5.55. The number of rotatable bonds is 6. The third-order valence-corrected chi connectivity index (χ3v) is 3.55. The zero-order valence-electron chi connectivity index (χ0n) is 14.5. The van der Waals surface area contributed by atoms with Crippen LogP contribution in [0.15, 0.2) is 52.2 Å². The molecule has 8 nitrogen and oxygen atoms in total. The number of ether oxygens (including phenoxy) is 1. The zero-order valence-corrected chi connectivity index (χ0v) is 14.5. The molecule has 0 unspecified atom stereocenters. The Kier molecular flexibility index (Phi) is 6.26. The molecule has 0 aliphatic rings. The van der Waals surface area contributed by atoms with E-state index in [2.05, 4.69) is 5.32 Å². The van der Waals surface area contributed by atoms with Gasteiger partial charge in [-0.25, -0.2) is 9.59 Å². The van der Waals surface area contributed by atoms with Crippen LogP contribution in [0.4, 0.5) is 0 Å². The van der Waals surface area contributed by atoms with Gasteiger partial charge in [0.25, 0.3) is 11.5 Å². The molecule has 1 aromatic heterocycles. The van der Waals surface area contributed by atoms with E-state index in [-0.39, 0.29) is 5.56 Å². The van der Waals surface area contributed by atoms with Gasteiger partial charge in [-0.1, -0.05) is 30.3 Å². The van der Waals surface area contributed by atoms with Crippen LogP contribution in [0.25, 0.3) is 6.08 Å². The van der Waals surface area contributed by atoms with E-state index in [0.29, 0.717) is 6.54 Å². The Hall–Kier alpha value is -3.42. The molecule has 136 valence electrons. The summed E-state index contributed by atoms with van der Waals surface area (Å²) in [5, 5.41) is 2.63. The van der Waals surface area contributed by atoms with Crippen molar-refractivity contribution in [2.24, 2.45) is 14.1 Å². The van der Waals surface area contributed by atoms with E-state index >= 15 is 0 Å². The summed E-state index contributed by atoms with van der Waals surface area (Å²) in [6.07, 6.45) is 3.60. The van der Waals surface area contributed by atoms with E-state index < -0.39 is 29.7 Å². The Balaban J connectivity index is 1.87. The number of aryl methyl sites for hydroxylation is 1. The molecule has 2 aromatic rings. The molecule has 0 saturated heterocycles. The van der Waals surface area contributed by atoms with Crippen LogP contribution in [0.5, 0.6) is 0 Å². The molecule has 1 amide bonds. The highest BCUT2D eigenvalue weighted by atomic mass is 16.5. The van der Waals surface area contributed by atoms with Crippen LogP contribution in [0.1, 0.15) is 11.1 Å². The predicted molar refractivity (Wildman–Crippen MR) is 95.2 cm³/mol. The molecule has 0 atom stereocenters. The van der Waals surface area contributed by atoms with E-state index in [1.807, 2.05) is 30.3 Å². The highest BCUT2D eigenvalue weighted by Gasteiger charge is 2.07. The number of aromatic nitrogens is 2. The van der Waals surface area contributed by atoms with Gasteiger partial charge in [0.15, 0.2) is 6.61 Å². The summed E-state index contributed by atoms with van der Waals surface area (Å²) in [7, 11) is 2.84. The molecule has 1 heterocycles. The number of esters is 1. The molecule has 1 aromatic carbocycles. The minimum atomic E-state index is -0.768. The summed E-state index contributed by atoms with van der Waals surface area (Å²) in [5.74, 6) is -1.20. The number of carbonyl (C=O) groups excluding carboxylic acids is 2. The van der Waals surface area contributed by atoms with Gasteiger partial charge >= 0.3 is 11.7 Å². The maximum absolute atomic E-state index is 11.9. The summed E-state index contributed by atoms with van der Waals surface area (Å²) >= 11 is 0. The van der Waals surface area contributed by atoms with E-state index in [0.717, 1.165) is 16.2 Å². The van der Waals surface area contributed by atoms with Crippen LogP contribution in [-0.4, -0.2) is 27.6 Å². The van der Waals surface area contributed by atoms with Crippen molar-refractivity contribution in [2.45, 2.75) is 6.54 Å². The van der Waals surface area contributed by atoms with Crippen LogP contribution < -0.4 is 16.6 Å². The average Bonchev–Trinajstić information content (AvgIpc) is 2.65. The summed E-state index contributed by atoms with van der Waals surface area (Å²) in [6, 6.07) is 9.31. The molecule has 26 heavy (non-hydrogen) atoms. The third-order valence-electron chi connectivity index (χ3n) is 3.55. The molecule has 8 heteroatoms. The molecule has 0 radical (unpaired) electrons. The number of amides is 1. The maximum atomic E-state index is 11.9. The Bertz CT molecular complexity index is 942. The van der Waals surface area contributed by atoms with Crippen molar-refractivity contribution < 1.29 is 14.3 Å². The predicted octanol–water partition coefficient (Wildman–Crippen LogP) is -0.0432. The molecule has 0 bridgehead atoms. The highest BCUT2D eigenvalue weighted by Crippen LogP contribution is 1.97. The van der Waals surface area contributed by atoms with E-state index in [1.54, 1.807) is 0 Å². The molecule has 0 aliphatic heterocycles. The summed E-state index contributed by atoms with van der Waals surface area (Å²) in [5.41, 5.74) is 0.0836. The van der Waals surface area contributed by atoms with Crippen LogP contribution in [-0.2, 0) is 35.0 Å². The monoisotopic (exact) mass is 357 g/mol. The number of benzene rings is 1. The summed E-state index contributed by atoms with van der Waals surface area (Å²) in [4.78, 5) is 46.9. The molecule has 0 saturated carbocycles. The molecule has 0 spiro atoms. The highest BCUT2D eigenvalue weighted by molar-refractivity contribution is 5.89. The van der Waals surface area contributed by atoms with E-state index in [1.165, 1.54) is 30.9 Å². The van der Waals surface area contributed by atoms with Crippen LogP contribution >= 0.6 is 0 Å². The summed E-state index contributed by atoms with van der Waals surface area (Å²) in [6.45, 7) is -0.0948. The molecular formula is C18H19N3O5. The van der Waals surface area contributed by atoms with Gasteiger partial charge in [0, 0.05) is 32.9 Å². The van der Waals surface area contributed by atoms with Crippen molar-refractivity contribution in [3.63, 3.8) is 0 Å². The molecule has 2 rings (SSSR count). The largest absolute Gasteiger partial charge is 0.452 e. The first-order valence-electron chi connectivity index (χ1n) is 7.80. The molecule has 1 N–H and O–H groups in total. The maximum Gasteiger partial charge on any atom is 0.331 e. The standard InChI is InChI=1S/C18H19N3O5/c1-20-11-14(17(24)21(2)18(20)25)8-9-16(23)26-12-15(22)19-10-13-6-4-3-5-7-13/h3-9,11H,10,12H2,1-2H3,(H,19,22)/b9-8+. The first-order valence-corrected chi connectivity index (χ1v) is 7.80. The van der Waals surface area contributed by atoms with Crippen molar-refractivity contribution in [1.82, 2.24) is 14.5 Å². The molecule has 0 fully saturated rings. The number of hydrogen-bond acceptors (Lipinski definition) is 5. The van der Waals surface area contributed by atoms with Crippen LogP contribution in [0.3, 0.4) is 0 Å². The number of nitrogens with one attached hydrogen (secondary N) is 1. The first-order chi connectivity index (χ1) is 12.4. The van der Waals surface area contributed by atoms with Crippen molar-refractivity contribution in [1.29, 1.82) is 0 Å². The Morgan fingerprint density at radius 2 is 1.85 bits per heavy atom. The van der Waals surface area contributed by atoms with Crippen molar-refractivity contribution in [2.75, 3.05) is 6.61 Å². The quantitative estimate of drug-likeness (QED) is 0.578. The number of hydrogen-bond donors (Lipinski definition) is 1. The molecule has 0 aliphatic carbocycles. The van der Waals surface area contributed by atoms with Gasteiger partial charge in [0.05, 0.1) is 5.56 Å². The van der Waals surface area contributed by atoms with Gasteiger partial charge in [0.2, 0.25) is 0 Å². The van der Waals surface area contributed by atoms with Gasteiger partial charge in [-0.05, 0) is 11.6 Å². The molecular weight excluding hydrogens is 338 g/mol. The van der Waals surface area contributed by atoms with Gasteiger partial charge in [-0.15, -0.1) is 0 Å². The third kappa shape index (κ3) is 5.04. The van der Waals surface area contributed by atoms with E-state index in [9.17, 15) is 19.2 Å². The zero-order chi connectivity index (χ0) is 19.1. The normalized spacial score (nSPS) is 10.7. The minimum absolute atomic E-state index is 0.153. The second kappa shape index (κ2) is 8.61. The lowest BCUT2D eigenvalue weighted by atomic mass is 10.2. The first kappa shape index (κ1) is 18.9. The van der Waals surface area contributed by atoms with Crippen molar-refractivity contribution in [3.05, 3.63) is 74.6 Å². The smallest absolute Gasteiger partial charge is 0.331 e. The number of carbonyl (C=O) groups is 2. The SMILES string of the molecule is Cn1cc(/C=C/C(=O)OCC(=O)NCc2ccccc2)c(=O)n(C)c1=O. The van der Waals surface area contributed by atoms with Gasteiger partial charge in [0.1, 0.15) is 0 Å². The minimum Gasteiger partial charge on any atom is -0.452 e. The Labute approximate surface area is 149 Å². The lowest BCUT2D eigenvalue weighted by molar-refractivity contribution is -0.143. The van der Waals surface area contributed by atoms with Gasteiger partial charge in [-0.3, -0.25) is 14.2 Å². The van der Waals surface area contributed by atoms with Crippen LogP contribution in [0.2, 0.25) is 0 Å². The average molecular weight is 357 g/mol. The van der Waals surface area contributed by atoms with E-state index in [4.69, 9.17) is 4.74 Å². The van der Waals surface area contributed by atoms with Crippen molar-refractivity contribution in [3.8, 4) is 0 Å².